The monoisotopic (exact) mass is 341 g/mol. The van der Waals surface area contributed by atoms with Crippen molar-refractivity contribution in [2.75, 3.05) is 46.7 Å². The van der Waals surface area contributed by atoms with Gasteiger partial charge in [0.1, 0.15) is 5.75 Å². The van der Waals surface area contributed by atoms with Gasteiger partial charge in [-0.3, -0.25) is 4.79 Å². The van der Waals surface area contributed by atoms with Crippen molar-refractivity contribution in [2.45, 2.75) is 6.04 Å². The van der Waals surface area contributed by atoms with Crippen LogP contribution in [0.15, 0.2) is 48.5 Å². The minimum absolute atomic E-state index is 0.101. The summed E-state index contributed by atoms with van der Waals surface area (Å²) in [7, 11) is 9.67. The Labute approximate surface area is 150 Å². The lowest BCUT2D eigenvalue weighted by molar-refractivity contribution is 0.0941. The van der Waals surface area contributed by atoms with E-state index in [0.29, 0.717) is 17.9 Å². The number of anilines is 1. The van der Waals surface area contributed by atoms with Crippen LogP contribution in [0.5, 0.6) is 5.75 Å². The summed E-state index contributed by atoms with van der Waals surface area (Å²) in [6.45, 7) is 0.532. The number of likely N-dealkylation sites (N-methyl/N-ethyl adjacent to an activating group) is 1. The third kappa shape index (κ3) is 4.97. The molecule has 2 rings (SSSR count). The van der Waals surface area contributed by atoms with E-state index < -0.39 is 0 Å². The molecule has 0 spiro atoms. The smallest absolute Gasteiger partial charge is 0.251 e. The maximum atomic E-state index is 12.4. The predicted octanol–water partition coefficient (Wildman–Crippen LogP) is 2.79. The molecule has 0 saturated heterocycles. The van der Waals surface area contributed by atoms with Crippen molar-refractivity contribution in [1.82, 2.24) is 10.2 Å². The van der Waals surface area contributed by atoms with E-state index in [1.165, 1.54) is 5.56 Å². The minimum atomic E-state index is -0.101. The average Bonchev–Trinajstić information content (AvgIpc) is 2.61. The summed E-state index contributed by atoms with van der Waals surface area (Å²) in [5.74, 6) is 0.576. The Balaban J connectivity index is 2.07. The number of amides is 1. The lowest BCUT2D eigenvalue weighted by Gasteiger charge is -2.26. The van der Waals surface area contributed by atoms with Gasteiger partial charge >= 0.3 is 0 Å². The summed E-state index contributed by atoms with van der Waals surface area (Å²) in [5, 5.41) is 3.02. The Kier molecular flexibility index (Phi) is 6.42. The van der Waals surface area contributed by atoms with E-state index in [-0.39, 0.29) is 11.9 Å². The summed E-state index contributed by atoms with van der Waals surface area (Å²) < 4.78 is 5.18. The van der Waals surface area contributed by atoms with Crippen LogP contribution < -0.4 is 15.0 Å². The lowest BCUT2D eigenvalue weighted by atomic mass is 10.0. The molecule has 25 heavy (non-hydrogen) atoms. The molecule has 0 fully saturated rings. The van der Waals surface area contributed by atoms with Crippen LogP contribution in [0.4, 0.5) is 5.69 Å². The van der Waals surface area contributed by atoms with Gasteiger partial charge in [0.05, 0.1) is 13.2 Å². The fraction of sp³-hybridized carbons (Fsp3) is 0.350. The van der Waals surface area contributed by atoms with Crippen LogP contribution in [0.1, 0.15) is 22.0 Å². The van der Waals surface area contributed by atoms with E-state index >= 15 is 0 Å². The lowest BCUT2D eigenvalue weighted by Crippen LogP contribution is -2.34. The van der Waals surface area contributed by atoms with E-state index in [0.717, 1.165) is 5.69 Å². The number of hydrogen-bond acceptors (Lipinski definition) is 4. The number of ether oxygens (including phenoxy) is 1. The average molecular weight is 341 g/mol. The summed E-state index contributed by atoms with van der Waals surface area (Å²) in [4.78, 5) is 16.6. The number of benzene rings is 2. The fourth-order valence-electron chi connectivity index (χ4n) is 2.65. The minimum Gasteiger partial charge on any atom is -0.497 e. The van der Waals surface area contributed by atoms with Gasteiger partial charge in [0.2, 0.25) is 0 Å². The summed E-state index contributed by atoms with van der Waals surface area (Å²) in [6.07, 6.45) is 0. The first-order valence-corrected chi connectivity index (χ1v) is 8.28. The summed E-state index contributed by atoms with van der Waals surface area (Å²) in [6, 6.07) is 15.7. The van der Waals surface area contributed by atoms with Crippen LogP contribution in [0.2, 0.25) is 0 Å². The summed E-state index contributed by atoms with van der Waals surface area (Å²) >= 11 is 0. The predicted molar refractivity (Wildman–Crippen MR) is 103 cm³/mol. The van der Waals surface area contributed by atoms with Crippen molar-refractivity contribution in [1.29, 1.82) is 0 Å². The molecule has 0 heterocycles. The molecule has 1 amide bonds. The molecule has 5 nitrogen and oxygen atoms in total. The first kappa shape index (κ1) is 18.8. The van der Waals surface area contributed by atoms with Gasteiger partial charge in [0.15, 0.2) is 0 Å². The van der Waals surface area contributed by atoms with Crippen molar-refractivity contribution in [2.24, 2.45) is 0 Å². The van der Waals surface area contributed by atoms with E-state index in [1.807, 2.05) is 40.3 Å². The van der Waals surface area contributed by atoms with Crippen molar-refractivity contribution in [3.63, 3.8) is 0 Å². The third-order valence-corrected chi connectivity index (χ3v) is 4.21. The first-order valence-electron chi connectivity index (χ1n) is 8.28. The van der Waals surface area contributed by atoms with Crippen molar-refractivity contribution in [3.05, 3.63) is 59.7 Å². The zero-order valence-corrected chi connectivity index (χ0v) is 15.6. The number of nitrogens with one attached hydrogen (secondary N) is 1. The second-order valence-electron chi connectivity index (χ2n) is 6.41. The first-order chi connectivity index (χ1) is 11.9. The molecule has 1 atom stereocenters. The highest BCUT2D eigenvalue weighted by Gasteiger charge is 2.16. The van der Waals surface area contributed by atoms with Crippen molar-refractivity contribution in [3.8, 4) is 5.75 Å². The van der Waals surface area contributed by atoms with Gasteiger partial charge in [0.25, 0.3) is 5.91 Å². The molecule has 134 valence electrons. The number of carbonyl (C=O) groups excluding carboxylic acids is 1. The van der Waals surface area contributed by atoms with Crippen LogP contribution in [0.25, 0.3) is 0 Å². The second-order valence-corrected chi connectivity index (χ2v) is 6.41. The van der Waals surface area contributed by atoms with Gasteiger partial charge in [-0.1, -0.05) is 18.2 Å². The zero-order chi connectivity index (χ0) is 18.4. The molecule has 2 aromatic rings. The largest absolute Gasteiger partial charge is 0.497 e. The molecule has 0 radical (unpaired) electrons. The third-order valence-electron chi connectivity index (χ3n) is 4.21. The molecule has 0 aliphatic heterocycles. The van der Waals surface area contributed by atoms with Gasteiger partial charge in [-0.2, -0.15) is 0 Å². The molecule has 5 heteroatoms. The van der Waals surface area contributed by atoms with E-state index in [2.05, 4.69) is 39.4 Å². The van der Waals surface area contributed by atoms with Crippen molar-refractivity contribution >= 4 is 11.6 Å². The number of rotatable bonds is 7. The van der Waals surface area contributed by atoms with E-state index in [4.69, 9.17) is 4.74 Å². The summed E-state index contributed by atoms with van der Waals surface area (Å²) in [5.41, 5.74) is 2.92. The Morgan fingerprint density at radius 2 is 1.76 bits per heavy atom. The van der Waals surface area contributed by atoms with Crippen LogP contribution >= 0.6 is 0 Å². The highest BCUT2D eigenvalue weighted by Crippen LogP contribution is 2.21. The van der Waals surface area contributed by atoms with Crippen LogP contribution in [-0.2, 0) is 0 Å². The van der Waals surface area contributed by atoms with Crippen LogP contribution in [0.3, 0.4) is 0 Å². The molecule has 0 unspecified atom stereocenters. The van der Waals surface area contributed by atoms with E-state index in [9.17, 15) is 4.79 Å². The highest BCUT2D eigenvalue weighted by molar-refractivity contribution is 5.94. The van der Waals surface area contributed by atoms with Crippen LogP contribution in [-0.4, -0.2) is 52.7 Å². The molecule has 0 aliphatic rings. The maximum Gasteiger partial charge on any atom is 0.251 e. The molecule has 0 bridgehead atoms. The molecular weight excluding hydrogens is 314 g/mol. The Bertz CT molecular complexity index is 696. The van der Waals surface area contributed by atoms with Gasteiger partial charge in [0, 0.05) is 31.9 Å². The number of carbonyl (C=O) groups is 1. The maximum absolute atomic E-state index is 12.4. The van der Waals surface area contributed by atoms with Gasteiger partial charge in [-0.25, -0.2) is 0 Å². The normalized spacial score (nSPS) is 11.9. The fourth-order valence-corrected chi connectivity index (χ4v) is 2.65. The molecule has 0 saturated carbocycles. The second kappa shape index (κ2) is 8.53. The van der Waals surface area contributed by atoms with Gasteiger partial charge < -0.3 is 19.9 Å². The molecule has 1 N–H and O–H groups in total. The topological polar surface area (TPSA) is 44.8 Å². The van der Waals surface area contributed by atoms with Crippen molar-refractivity contribution < 1.29 is 9.53 Å². The van der Waals surface area contributed by atoms with Gasteiger partial charge in [-0.05, 0) is 50.0 Å². The van der Waals surface area contributed by atoms with E-state index in [1.54, 1.807) is 19.2 Å². The Morgan fingerprint density at radius 3 is 2.32 bits per heavy atom. The van der Waals surface area contributed by atoms with Gasteiger partial charge in [-0.15, -0.1) is 0 Å². The number of nitrogens with zero attached hydrogens (tertiary/aromatic N) is 2. The number of methoxy groups -OCH3 is 1. The van der Waals surface area contributed by atoms with Crippen LogP contribution in [0, 0.1) is 0 Å². The standard InChI is InChI=1S/C20H27N3O2/c1-22(2)17-11-9-15(10-12-17)19(23(3)4)14-21-20(24)16-7-6-8-18(13-16)25-5/h6-13,19H,14H2,1-5H3,(H,21,24)/t19-/m0/s1. The highest BCUT2D eigenvalue weighted by atomic mass is 16.5. The molecular formula is C20H27N3O2. The number of hydrogen-bond donors (Lipinski definition) is 1. The SMILES string of the molecule is COc1cccc(C(=O)NC[C@@H](c2ccc(N(C)C)cc2)N(C)C)c1. The molecule has 2 aromatic carbocycles. The quantitative estimate of drug-likeness (QED) is 0.841. The zero-order valence-electron chi connectivity index (χ0n) is 15.6. The Morgan fingerprint density at radius 1 is 1.08 bits per heavy atom. The molecule has 0 aliphatic carbocycles. The molecule has 0 aromatic heterocycles. The Hall–Kier alpha value is -2.53.